The molecular weight excluding hydrogens is 410 g/mol. The highest BCUT2D eigenvalue weighted by atomic mass is 32.1. The smallest absolute Gasteiger partial charge is 0.197 e. The number of carbonyl (C=O) groups is 3. The van der Waals surface area contributed by atoms with E-state index in [1.165, 1.54) is 18.4 Å². The Kier molecular flexibility index (Phi) is 7.47. The highest BCUT2D eigenvalue weighted by Crippen LogP contribution is 2.24. The molecule has 6 heteroatoms. The molecule has 31 heavy (non-hydrogen) atoms. The van der Waals surface area contributed by atoms with E-state index in [1.807, 2.05) is 37.4 Å². The Bertz CT molecular complexity index is 1120. The van der Waals surface area contributed by atoms with E-state index in [-0.39, 0.29) is 30.2 Å². The van der Waals surface area contributed by atoms with Crippen LogP contribution in [0.4, 0.5) is 0 Å². The number of para-hydroxylation sites is 1. The number of ketones is 3. The molecule has 0 amide bonds. The van der Waals surface area contributed by atoms with Crippen molar-refractivity contribution in [2.45, 2.75) is 39.5 Å². The van der Waals surface area contributed by atoms with Gasteiger partial charge in [-0.2, -0.15) is 0 Å². The molecule has 160 valence electrons. The van der Waals surface area contributed by atoms with Gasteiger partial charge in [0, 0.05) is 30.2 Å². The van der Waals surface area contributed by atoms with Gasteiger partial charge in [-0.25, -0.2) is 4.98 Å². The summed E-state index contributed by atoms with van der Waals surface area (Å²) in [6.45, 7) is 3.76. The predicted octanol–water partition coefficient (Wildman–Crippen LogP) is 4.57. The number of hydrogen-bond donors (Lipinski definition) is 0. The highest BCUT2D eigenvalue weighted by Gasteiger charge is 2.19. The zero-order chi connectivity index (χ0) is 22.4. The summed E-state index contributed by atoms with van der Waals surface area (Å²) in [6.07, 6.45) is 1.10. The van der Waals surface area contributed by atoms with Gasteiger partial charge in [-0.3, -0.25) is 14.4 Å². The second-order valence-electron chi connectivity index (χ2n) is 7.38. The molecule has 0 N–H and O–H groups in total. The molecule has 3 rings (SSSR count). The summed E-state index contributed by atoms with van der Waals surface area (Å²) in [5, 5.41) is 2.52. The fourth-order valence-corrected chi connectivity index (χ4v) is 4.17. The molecule has 0 aliphatic rings. The summed E-state index contributed by atoms with van der Waals surface area (Å²) in [6, 6.07) is 12.6. The van der Waals surface area contributed by atoms with Crippen molar-refractivity contribution in [3.63, 3.8) is 0 Å². The summed E-state index contributed by atoms with van der Waals surface area (Å²) in [4.78, 5) is 42.0. The van der Waals surface area contributed by atoms with E-state index in [1.54, 1.807) is 24.3 Å². The lowest BCUT2D eigenvalue weighted by Crippen LogP contribution is -2.13. The highest BCUT2D eigenvalue weighted by molar-refractivity contribution is 7.09. The summed E-state index contributed by atoms with van der Waals surface area (Å²) in [5.74, 6) is 0.432. The summed E-state index contributed by atoms with van der Waals surface area (Å²) < 4.78 is 5.33. The topological polar surface area (TPSA) is 73.3 Å². The molecule has 0 fully saturated rings. The Morgan fingerprint density at radius 3 is 2.48 bits per heavy atom. The van der Waals surface area contributed by atoms with Crippen molar-refractivity contribution in [1.29, 1.82) is 0 Å². The molecule has 0 saturated heterocycles. The van der Waals surface area contributed by atoms with Gasteiger partial charge in [-0.15, -0.1) is 11.3 Å². The van der Waals surface area contributed by atoms with E-state index in [0.29, 0.717) is 46.0 Å². The molecule has 0 aliphatic heterocycles. The molecule has 0 spiro atoms. The van der Waals surface area contributed by atoms with E-state index < -0.39 is 0 Å². The number of benzene rings is 2. The van der Waals surface area contributed by atoms with E-state index in [9.17, 15) is 14.4 Å². The van der Waals surface area contributed by atoms with E-state index in [2.05, 4.69) is 4.98 Å². The maximum Gasteiger partial charge on any atom is 0.197 e. The number of thiazole rings is 1. The number of ether oxygens (including phenoxy) is 1. The predicted molar refractivity (Wildman–Crippen MR) is 121 cm³/mol. The van der Waals surface area contributed by atoms with E-state index in [4.69, 9.17) is 4.74 Å². The van der Waals surface area contributed by atoms with Gasteiger partial charge in [-0.1, -0.05) is 42.8 Å². The first-order valence-corrected chi connectivity index (χ1v) is 11.0. The quantitative estimate of drug-likeness (QED) is 0.436. The van der Waals surface area contributed by atoms with Crippen LogP contribution in [0, 0.1) is 6.92 Å². The average molecular weight is 436 g/mol. The van der Waals surface area contributed by atoms with Crippen LogP contribution in [0.3, 0.4) is 0 Å². The molecule has 0 bridgehead atoms. The van der Waals surface area contributed by atoms with Crippen LogP contribution in [-0.2, 0) is 28.9 Å². The van der Waals surface area contributed by atoms with Gasteiger partial charge in [0.25, 0.3) is 0 Å². The first kappa shape index (κ1) is 22.6. The molecule has 0 atom stereocenters. The number of nitrogens with zero attached hydrogens (tertiary/aromatic N) is 1. The van der Waals surface area contributed by atoms with Crippen molar-refractivity contribution in [1.82, 2.24) is 4.98 Å². The number of aromatic nitrogens is 1. The van der Waals surface area contributed by atoms with Crippen molar-refractivity contribution in [3.8, 4) is 5.75 Å². The maximum atomic E-state index is 13.2. The maximum absolute atomic E-state index is 13.2. The first-order valence-electron chi connectivity index (χ1n) is 10.1. The Balaban J connectivity index is 1.79. The van der Waals surface area contributed by atoms with Crippen LogP contribution in [0.15, 0.2) is 47.8 Å². The van der Waals surface area contributed by atoms with Gasteiger partial charge in [0.2, 0.25) is 0 Å². The minimum absolute atomic E-state index is 0.0256. The van der Waals surface area contributed by atoms with Gasteiger partial charge in [0.15, 0.2) is 5.78 Å². The van der Waals surface area contributed by atoms with Crippen LogP contribution in [0.5, 0.6) is 5.75 Å². The third-order valence-electron chi connectivity index (χ3n) is 4.96. The fourth-order valence-electron chi connectivity index (χ4n) is 3.35. The lowest BCUT2D eigenvalue weighted by molar-refractivity contribution is -0.118. The van der Waals surface area contributed by atoms with Crippen LogP contribution in [0.25, 0.3) is 0 Å². The fraction of sp³-hybridized carbons (Fsp3) is 0.280. The number of carbonyl (C=O) groups excluding carboxylic acids is 3. The molecule has 1 aromatic heterocycles. The zero-order valence-electron chi connectivity index (χ0n) is 17.9. The van der Waals surface area contributed by atoms with Gasteiger partial charge < -0.3 is 4.74 Å². The summed E-state index contributed by atoms with van der Waals surface area (Å²) >= 11 is 1.39. The second kappa shape index (κ2) is 10.3. The van der Waals surface area contributed by atoms with Crippen LogP contribution in [-0.4, -0.2) is 29.4 Å². The molecule has 0 radical (unpaired) electrons. The van der Waals surface area contributed by atoms with Gasteiger partial charge >= 0.3 is 0 Å². The average Bonchev–Trinajstić information content (AvgIpc) is 3.19. The lowest BCUT2D eigenvalue weighted by atomic mass is 9.93. The van der Waals surface area contributed by atoms with Gasteiger partial charge in [-0.05, 0) is 24.6 Å². The second-order valence-corrected chi connectivity index (χ2v) is 8.33. The van der Waals surface area contributed by atoms with Crippen molar-refractivity contribution < 1.29 is 19.1 Å². The van der Waals surface area contributed by atoms with Crippen LogP contribution < -0.4 is 4.74 Å². The van der Waals surface area contributed by atoms with Crippen LogP contribution >= 0.6 is 11.3 Å². The van der Waals surface area contributed by atoms with E-state index >= 15 is 0 Å². The molecule has 0 aliphatic carbocycles. The lowest BCUT2D eigenvalue weighted by Gasteiger charge is -2.12. The summed E-state index contributed by atoms with van der Waals surface area (Å²) in [5.41, 5.74) is 3.35. The monoisotopic (exact) mass is 435 g/mol. The minimum Gasteiger partial charge on any atom is -0.496 e. The standard InChI is InChI=1S/C25H25NO4S/c1-4-19(27)13-18-15-31-24(26-18)14-20(28)12-17-11-16(2)9-10-21(17)25(29)22-7-5-6-8-23(22)30-3/h5-11,15H,4,12-14H2,1-3H3. The van der Waals surface area contributed by atoms with Crippen molar-refractivity contribution in [2.75, 3.05) is 7.11 Å². The number of Topliss-reactive ketones (excluding diaryl/α,β-unsaturated/α-hetero) is 2. The zero-order valence-corrected chi connectivity index (χ0v) is 18.8. The molecule has 2 aromatic carbocycles. The SMILES string of the molecule is CCC(=O)Cc1csc(CC(=O)Cc2cc(C)ccc2C(=O)c2ccccc2OC)n1. The Morgan fingerprint density at radius 1 is 0.968 bits per heavy atom. The Labute approximate surface area is 186 Å². The summed E-state index contributed by atoms with van der Waals surface area (Å²) in [7, 11) is 1.53. The molecular formula is C25H25NO4S. The first-order chi connectivity index (χ1) is 14.9. The van der Waals surface area contributed by atoms with Gasteiger partial charge in [0.05, 0.1) is 24.8 Å². The van der Waals surface area contributed by atoms with Crippen molar-refractivity contribution in [2.24, 2.45) is 0 Å². The Hall–Kier alpha value is -3.12. The molecule has 0 saturated carbocycles. The molecule has 5 nitrogen and oxygen atoms in total. The minimum atomic E-state index is -0.171. The van der Waals surface area contributed by atoms with Crippen LogP contribution in [0.2, 0.25) is 0 Å². The van der Waals surface area contributed by atoms with Gasteiger partial charge in [0.1, 0.15) is 22.3 Å². The number of rotatable bonds is 10. The number of aryl methyl sites for hydroxylation is 1. The largest absolute Gasteiger partial charge is 0.496 e. The molecule has 3 aromatic rings. The number of methoxy groups -OCH3 is 1. The number of hydrogen-bond acceptors (Lipinski definition) is 6. The van der Waals surface area contributed by atoms with E-state index in [0.717, 1.165) is 5.56 Å². The third kappa shape index (κ3) is 5.73. The normalized spacial score (nSPS) is 10.7. The third-order valence-corrected chi connectivity index (χ3v) is 5.86. The molecule has 0 unspecified atom stereocenters. The van der Waals surface area contributed by atoms with Crippen molar-refractivity contribution >= 4 is 28.7 Å². The van der Waals surface area contributed by atoms with Crippen molar-refractivity contribution in [3.05, 3.63) is 80.8 Å². The Morgan fingerprint density at radius 2 is 1.74 bits per heavy atom. The molecule has 1 heterocycles. The van der Waals surface area contributed by atoms with Crippen LogP contribution in [0.1, 0.15) is 51.1 Å².